The summed E-state index contributed by atoms with van der Waals surface area (Å²) >= 11 is 0. The van der Waals surface area contributed by atoms with Gasteiger partial charge in [0, 0.05) is 25.9 Å². The van der Waals surface area contributed by atoms with Crippen molar-refractivity contribution in [3.05, 3.63) is 65.5 Å². The second kappa shape index (κ2) is 8.81. The Morgan fingerprint density at radius 3 is 2.77 bits per heavy atom. The summed E-state index contributed by atoms with van der Waals surface area (Å²) in [4.78, 5) is 14.4. The maximum atomic E-state index is 13.3. The van der Waals surface area contributed by atoms with Gasteiger partial charge in [-0.1, -0.05) is 24.3 Å². The fraction of sp³-hybridized carbons (Fsp3) is 0.381. The summed E-state index contributed by atoms with van der Waals surface area (Å²) in [6, 6.07) is 14.3. The minimum Gasteiger partial charge on any atom is -0.497 e. The van der Waals surface area contributed by atoms with Crippen LogP contribution in [-0.4, -0.2) is 43.7 Å². The number of hydrogen-bond acceptors (Lipinski definition) is 3. The smallest absolute Gasteiger partial charge is 0.223 e. The van der Waals surface area contributed by atoms with Gasteiger partial charge in [-0.05, 0) is 41.8 Å². The lowest BCUT2D eigenvalue weighted by atomic mass is 10.1. The van der Waals surface area contributed by atoms with E-state index in [2.05, 4.69) is 0 Å². The third-order valence-corrected chi connectivity index (χ3v) is 4.63. The maximum Gasteiger partial charge on any atom is 0.223 e. The Labute approximate surface area is 153 Å². The van der Waals surface area contributed by atoms with E-state index in [9.17, 15) is 9.18 Å². The van der Waals surface area contributed by atoms with E-state index in [1.54, 1.807) is 13.2 Å². The molecule has 5 heteroatoms. The van der Waals surface area contributed by atoms with Crippen LogP contribution < -0.4 is 4.74 Å². The molecule has 26 heavy (non-hydrogen) atoms. The zero-order valence-corrected chi connectivity index (χ0v) is 15.0. The Morgan fingerprint density at radius 1 is 1.23 bits per heavy atom. The highest BCUT2D eigenvalue weighted by atomic mass is 19.1. The first-order valence-corrected chi connectivity index (χ1v) is 8.91. The third kappa shape index (κ3) is 5.05. The van der Waals surface area contributed by atoms with E-state index in [4.69, 9.17) is 9.47 Å². The topological polar surface area (TPSA) is 38.8 Å². The number of amides is 1. The molecule has 2 aromatic rings. The number of carbonyl (C=O) groups excluding carboxylic acids is 1. The average Bonchev–Trinajstić information content (AvgIpc) is 2.67. The molecule has 1 aliphatic rings. The van der Waals surface area contributed by atoms with Gasteiger partial charge >= 0.3 is 0 Å². The molecular weight excluding hydrogens is 333 g/mol. The fourth-order valence-electron chi connectivity index (χ4n) is 3.20. The molecule has 1 amide bonds. The summed E-state index contributed by atoms with van der Waals surface area (Å²) in [6.45, 7) is 1.69. The van der Waals surface area contributed by atoms with Crippen molar-refractivity contribution in [3.8, 4) is 5.75 Å². The summed E-state index contributed by atoms with van der Waals surface area (Å²) in [5.74, 6) is 0.701. The molecule has 1 saturated heterocycles. The zero-order chi connectivity index (χ0) is 18.4. The van der Waals surface area contributed by atoms with Gasteiger partial charge in [-0.3, -0.25) is 4.79 Å². The van der Waals surface area contributed by atoms with Gasteiger partial charge in [0.1, 0.15) is 11.6 Å². The molecule has 3 rings (SSSR count). The van der Waals surface area contributed by atoms with Gasteiger partial charge in [-0.2, -0.15) is 0 Å². The SMILES string of the molecule is COc1ccc(CCC(=O)N2CCO[C@H](Cc3cccc(F)c3)C2)cc1. The zero-order valence-electron chi connectivity index (χ0n) is 15.0. The monoisotopic (exact) mass is 357 g/mol. The van der Waals surface area contributed by atoms with Crippen LogP contribution in [-0.2, 0) is 22.4 Å². The van der Waals surface area contributed by atoms with Crippen molar-refractivity contribution in [3.63, 3.8) is 0 Å². The Hall–Kier alpha value is -2.40. The van der Waals surface area contributed by atoms with Gasteiger partial charge in [0.05, 0.1) is 19.8 Å². The van der Waals surface area contributed by atoms with Crippen molar-refractivity contribution in [2.75, 3.05) is 26.8 Å². The Balaban J connectivity index is 1.50. The molecular formula is C21H24FNO3. The summed E-state index contributed by atoms with van der Waals surface area (Å²) in [7, 11) is 1.64. The van der Waals surface area contributed by atoms with Crippen LogP contribution in [0.3, 0.4) is 0 Å². The molecule has 0 bridgehead atoms. The predicted octanol–water partition coefficient (Wildman–Crippen LogP) is 3.24. The Kier molecular flexibility index (Phi) is 6.23. The molecule has 1 fully saturated rings. The second-order valence-electron chi connectivity index (χ2n) is 6.51. The molecule has 1 heterocycles. The summed E-state index contributed by atoms with van der Waals surface area (Å²) in [6.07, 6.45) is 1.70. The van der Waals surface area contributed by atoms with E-state index < -0.39 is 0 Å². The van der Waals surface area contributed by atoms with E-state index in [-0.39, 0.29) is 17.8 Å². The molecule has 1 atom stereocenters. The van der Waals surface area contributed by atoms with Gasteiger partial charge in [-0.25, -0.2) is 4.39 Å². The van der Waals surface area contributed by atoms with Crippen molar-refractivity contribution < 1.29 is 18.7 Å². The molecule has 0 aliphatic carbocycles. The molecule has 4 nitrogen and oxygen atoms in total. The number of morpholine rings is 1. The van der Waals surface area contributed by atoms with Crippen LogP contribution in [0, 0.1) is 5.82 Å². The van der Waals surface area contributed by atoms with Crippen LogP contribution in [0.25, 0.3) is 0 Å². The number of nitrogens with zero attached hydrogens (tertiary/aromatic N) is 1. The van der Waals surface area contributed by atoms with E-state index in [0.29, 0.717) is 39.0 Å². The van der Waals surface area contributed by atoms with Crippen LogP contribution >= 0.6 is 0 Å². The molecule has 0 aromatic heterocycles. The molecule has 0 spiro atoms. The number of halogens is 1. The first kappa shape index (κ1) is 18.4. The van der Waals surface area contributed by atoms with Crippen LogP contribution in [0.2, 0.25) is 0 Å². The number of methoxy groups -OCH3 is 1. The number of ether oxygens (including phenoxy) is 2. The molecule has 1 aliphatic heterocycles. The third-order valence-electron chi connectivity index (χ3n) is 4.63. The Morgan fingerprint density at radius 2 is 2.04 bits per heavy atom. The number of aryl methyl sites for hydroxylation is 1. The molecule has 138 valence electrons. The maximum absolute atomic E-state index is 13.3. The molecule has 0 radical (unpaired) electrons. The lowest BCUT2D eigenvalue weighted by molar-refractivity contribution is -0.138. The lowest BCUT2D eigenvalue weighted by Crippen LogP contribution is -2.46. The van der Waals surface area contributed by atoms with Crippen LogP contribution in [0.4, 0.5) is 4.39 Å². The minimum absolute atomic E-state index is 0.0875. The summed E-state index contributed by atoms with van der Waals surface area (Å²) in [5, 5.41) is 0. The largest absolute Gasteiger partial charge is 0.497 e. The van der Waals surface area contributed by atoms with Crippen LogP contribution in [0.1, 0.15) is 17.5 Å². The normalized spacial score (nSPS) is 17.2. The number of hydrogen-bond donors (Lipinski definition) is 0. The van der Waals surface area contributed by atoms with Crippen LogP contribution in [0.15, 0.2) is 48.5 Å². The highest BCUT2D eigenvalue weighted by Gasteiger charge is 2.24. The van der Waals surface area contributed by atoms with Gasteiger partial charge in [0.25, 0.3) is 0 Å². The second-order valence-corrected chi connectivity index (χ2v) is 6.51. The van der Waals surface area contributed by atoms with Gasteiger partial charge in [0.15, 0.2) is 0 Å². The van der Waals surface area contributed by atoms with E-state index in [1.165, 1.54) is 12.1 Å². The van der Waals surface area contributed by atoms with Crippen molar-refractivity contribution in [2.45, 2.75) is 25.4 Å². The van der Waals surface area contributed by atoms with Crippen molar-refractivity contribution in [1.29, 1.82) is 0 Å². The fourth-order valence-corrected chi connectivity index (χ4v) is 3.20. The first-order valence-electron chi connectivity index (χ1n) is 8.91. The Bertz CT molecular complexity index is 732. The van der Waals surface area contributed by atoms with Crippen molar-refractivity contribution >= 4 is 5.91 Å². The highest BCUT2D eigenvalue weighted by Crippen LogP contribution is 2.16. The summed E-state index contributed by atoms with van der Waals surface area (Å²) < 4.78 is 24.2. The van der Waals surface area contributed by atoms with E-state index in [1.807, 2.05) is 35.2 Å². The number of rotatable bonds is 6. The van der Waals surface area contributed by atoms with Gasteiger partial charge in [-0.15, -0.1) is 0 Å². The number of carbonyl (C=O) groups is 1. The van der Waals surface area contributed by atoms with E-state index in [0.717, 1.165) is 16.9 Å². The molecule has 0 saturated carbocycles. The first-order chi connectivity index (χ1) is 12.6. The van der Waals surface area contributed by atoms with Gasteiger partial charge < -0.3 is 14.4 Å². The predicted molar refractivity (Wildman–Crippen MR) is 97.7 cm³/mol. The highest BCUT2D eigenvalue weighted by molar-refractivity contribution is 5.76. The van der Waals surface area contributed by atoms with Crippen molar-refractivity contribution in [2.24, 2.45) is 0 Å². The lowest BCUT2D eigenvalue weighted by Gasteiger charge is -2.33. The van der Waals surface area contributed by atoms with Gasteiger partial charge in [0.2, 0.25) is 5.91 Å². The van der Waals surface area contributed by atoms with Crippen molar-refractivity contribution in [1.82, 2.24) is 4.90 Å². The number of benzene rings is 2. The summed E-state index contributed by atoms with van der Waals surface area (Å²) in [5.41, 5.74) is 2.01. The molecule has 0 N–H and O–H groups in total. The minimum atomic E-state index is -0.245. The molecule has 0 unspecified atom stereocenters. The quantitative estimate of drug-likeness (QED) is 0.797. The molecule has 2 aromatic carbocycles. The van der Waals surface area contributed by atoms with E-state index >= 15 is 0 Å². The van der Waals surface area contributed by atoms with Crippen LogP contribution in [0.5, 0.6) is 5.75 Å². The average molecular weight is 357 g/mol. The standard InChI is InChI=1S/C21H24FNO3/c1-25-19-8-5-16(6-9-19)7-10-21(24)23-11-12-26-20(15-23)14-17-3-2-4-18(22)13-17/h2-6,8-9,13,20H,7,10-12,14-15H2,1H3/t20-/m1/s1.